The van der Waals surface area contributed by atoms with E-state index in [1.807, 2.05) is 0 Å². The monoisotopic (exact) mass is 268 g/mol. The average Bonchev–Trinajstić information content (AvgIpc) is 2.78. The van der Waals surface area contributed by atoms with E-state index < -0.39 is 0 Å². The molecule has 1 amide bonds. The highest BCUT2D eigenvalue weighted by molar-refractivity contribution is 7.09. The van der Waals surface area contributed by atoms with Crippen molar-refractivity contribution in [2.24, 2.45) is 0 Å². The number of carbonyl (C=O) groups is 1. The van der Waals surface area contributed by atoms with Crippen LogP contribution in [0.15, 0.2) is 0 Å². The SMILES string of the molecule is CC(C)(C)c1nsc(NC(=O)[C@@H]2CCCCN2)n1. The van der Waals surface area contributed by atoms with Gasteiger partial charge < -0.3 is 5.32 Å². The van der Waals surface area contributed by atoms with E-state index in [0.717, 1.165) is 31.6 Å². The van der Waals surface area contributed by atoms with Gasteiger partial charge in [-0.25, -0.2) is 4.98 Å². The number of amides is 1. The van der Waals surface area contributed by atoms with Crippen LogP contribution < -0.4 is 10.6 Å². The van der Waals surface area contributed by atoms with Crippen molar-refractivity contribution < 1.29 is 4.79 Å². The molecule has 0 bridgehead atoms. The van der Waals surface area contributed by atoms with Crippen molar-refractivity contribution in [3.05, 3.63) is 5.82 Å². The van der Waals surface area contributed by atoms with Crippen LogP contribution in [0.2, 0.25) is 0 Å². The molecule has 1 aromatic heterocycles. The molecule has 0 aliphatic carbocycles. The predicted octanol–water partition coefficient (Wildman–Crippen LogP) is 1.92. The van der Waals surface area contributed by atoms with Crippen molar-refractivity contribution in [3.8, 4) is 0 Å². The second kappa shape index (κ2) is 5.32. The number of rotatable bonds is 2. The lowest BCUT2D eigenvalue weighted by Gasteiger charge is -2.21. The molecular formula is C12H20N4OS. The molecule has 1 aromatic rings. The number of aromatic nitrogens is 2. The molecular weight excluding hydrogens is 248 g/mol. The lowest BCUT2D eigenvalue weighted by molar-refractivity contribution is -0.118. The zero-order valence-electron chi connectivity index (χ0n) is 11.1. The number of nitrogens with zero attached hydrogens (tertiary/aromatic N) is 2. The smallest absolute Gasteiger partial charge is 0.243 e. The third-order valence-electron chi connectivity index (χ3n) is 2.95. The fourth-order valence-electron chi connectivity index (χ4n) is 1.85. The van der Waals surface area contributed by atoms with E-state index in [0.29, 0.717) is 5.13 Å². The van der Waals surface area contributed by atoms with Crippen molar-refractivity contribution >= 4 is 22.6 Å². The summed E-state index contributed by atoms with van der Waals surface area (Å²) in [5.41, 5.74) is -0.0808. The molecule has 0 radical (unpaired) electrons. The summed E-state index contributed by atoms with van der Waals surface area (Å²) in [4.78, 5) is 16.4. The Labute approximate surface area is 112 Å². The molecule has 0 unspecified atom stereocenters. The topological polar surface area (TPSA) is 66.9 Å². The van der Waals surface area contributed by atoms with Crippen LogP contribution in [0.5, 0.6) is 0 Å². The molecule has 5 nitrogen and oxygen atoms in total. The summed E-state index contributed by atoms with van der Waals surface area (Å²) in [6.07, 6.45) is 3.15. The Morgan fingerprint density at radius 3 is 2.78 bits per heavy atom. The number of carbonyl (C=O) groups excluding carboxylic acids is 1. The normalized spacial score (nSPS) is 20.7. The Balaban J connectivity index is 1.96. The first-order chi connectivity index (χ1) is 8.47. The Hall–Kier alpha value is -1.01. The first-order valence-electron chi connectivity index (χ1n) is 6.35. The van der Waals surface area contributed by atoms with Crippen LogP contribution in [0, 0.1) is 0 Å². The first kappa shape index (κ1) is 13.4. The van der Waals surface area contributed by atoms with Gasteiger partial charge in [-0.15, -0.1) is 0 Å². The predicted molar refractivity (Wildman–Crippen MR) is 72.9 cm³/mol. The van der Waals surface area contributed by atoms with Crippen molar-refractivity contribution in [1.29, 1.82) is 0 Å². The molecule has 2 heterocycles. The summed E-state index contributed by atoms with van der Waals surface area (Å²) in [5, 5.41) is 6.66. The summed E-state index contributed by atoms with van der Waals surface area (Å²) in [5.74, 6) is 0.783. The van der Waals surface area contributed by atoms with Gasteiger partial charge in [-0.3, -0.25) is 10.1 Å². The average molecular weight is 268 g/mol. The minimum absolute atomic E-state index is 0.00584. The van der Waals surface area contributed by atoms with Crippen LogP contribution >= 0.6 is 11.5 Å². The molecule has 2 rings (SSSR count). The molecule has 0 saturated carbocycles. The third kappa shape index (κ3) is 3.26. The molecule has 100 valence electrons. The van der Waals surface area contributed by atoms with E-state index in [9.17, 15) is 4.79 Å². The summed E-state index contributed by atoms with van der Waals surface area (Å²) >= 11 is 1.25. The van der Waals surface area contributed by atoms with Crippen LogP contribution in [0.3, 0.4) is 0 Å². The number of nitrogens with one attached hydrogen (secondary N) is 2. The fourth-order valence-corrected chi connectivity index (χ4v) is 2.61. The first-order valence-corrected chi connectivity index (χ1v) is 7.12. The molecule has 1 aliphatic heterocycles. The Morgan fingerprint density at radius 1 is 1.44 bits per heavy atom. The number of anilines is 1. The van der Waals surface area contributed by atoms with Gasteiger partial charge in [0, 0.05) is 16.9 Å². The lowest BCUT2D eigenvalue weighted by Crippen LogP contribution is -2.43. The Kier molecular flexibility index (Phi) is 3.97. The molecule has 1 saturated heterocycles. The highest BCUT2D eigenvalue weighted by Crippen LogP contribution is 2.23. The van der Waals surface area contributed by atoms with Crippen molar-refractivity contribution in [1.82, 2.24) is 14.7 Å². The maximum atomic E-state index is 12.0. The molecule has 1 aliphatic rings. The minimum Gasteiger partial charge on any atom is -0.306 e. The van der Waals surface area contributed by atoms with Gasteiger partial charge in [0.05, 0.1) is 6.04 Å². The highest BCUT2D eigenvalue weighted by atomic mass is 32.1. The number of piperidine rings is 1. The maximum Gasteiger partial charge on any atom is 0.243 e. The fraction of sp³-hybridized carbons (Fsp3) is 0.750. The van der Waals surface area contributed by atoms with Gasteiger partial charge in [0.15, 0.2) is 0 Å². The van der Waals surface area contributed by atoms with Crippen molar-refractivity contribution in [3.63, 3.8) is 0 Å². The van der Waals surface area contributed by atoms with E-state index >= 15 is 0 Å². The van der Waals surface area contributed by atoms with Crippen LogP contribution in [-0.4, -0.2) is 27.9 Å². The zero-order chi connectivity index (χ0) is 13.2. The van der Waals surface area contributed by atoms with Crippen LogP contribution in [-0.2, 0) is 10.2 Å². The highest BCUT2D eigenvalue weighted by Gasteiger charge is 2.23. The quantitative estimate of drug-likeness (QED) is 0.860. The van der Waals surface area contributed by atoms with Crippen LogP contribution in [0.1, 0.15) is 45.9 Å². The standard InChI is InChI=1S/C12H20N4OS/c1-12(2,3)10-15-11(18-16-10)14-9(17)8-6-4-5-7-13-8/h8,13H,4-7H2,1-3H3,(H,14,15,16,17)/t8-/m0/s1. The molecule has 0 spiro atoms. The molecule has 1 fully saturated rings. The van der Waals surface area contributed by atoms with E-state index in [4.69, 9.17) is 0 Å². The van der Waals surface area contributed by atoms with Gasteiger partial charge in [0.25, 0.3) is 0 Å². The number of hydrogen-bond donors (Lipinski definition) is 2. The van der Waals surface area contributed by atoms with E-state index in [-0.39, 0.29) is 17.4 Å². The Bertz CT molecular complexity index is 418. The van der Waals surface area contributed by atoms with Gasteiger partial charge in [-0.05, 0) is 19.4 Å². The van der Waals surface area contributed by atoms with Gasteiger partial charge in [-0.2, -0.15) is 4.37 Å². The van der Waals surface area contributed by atoms with Gasteiger partial charge in [-0.1, -0.05) is 27.2 Å². The van der Waals surface area contributed by atoms with Crippen molar-refractivity contribution in [2.75, 3.05) is 11.9 Å². The van der Waals surface area contributed by atoms with Crippen LogP contribution in [0.25, 0.3) is 0 Å². The number of hydrogen-bond acceptors (Lipinski definition) is 5. The summed E-state index contributed by atoms with van der Waals surface area (Å²) < 4.78 is 4.28. The van der Waals surface area contributed by atoms with Gasteiger partial charge >= 0.3 is 0 Å². The maximum absolute atomic E-state index is 12.0. The molecule has 0 aromatic carbocycles. The largest absolute Gasteiger partial charge is 0.306 e. The third-order valence-corrected chi connectivity index (χ3v) is 3.58. The lowest BCUT2D eigenvalue weighted by atomic mass is 9.96. The molecule has 2 N–H and O–H groups in total. The summed E-state index contributed by atoms with van der Waals surface area (Å²) in [7, 11) is 0. The summed E-state index contributed by atoms with van der Waals surface area (Å²) in [6, 6.07) is -0.0827. The zero-order valence-corrected chi connectivity index (χ0v) is 11.9. The second-order valence-corrected chi connectivity index (χ2v) is 6.42. The van der Waals surface area contributed by atoms with Gasteiger partial charge in [0.1, 0.15) is 5.82 Å². The van der Waals surface area contributed by atoms with Crippen LogP contribution in [0.4, 0.5) is 5.13 Å². The minimum atomic E-state index is -0.0827. The molecule has 18 heavy (non-hydrogen) atoms. The van der Waals surface area contributed by atoms with Crippen molar-refractivity contribution in [2.45, 2.75) is 51.5 Å². The van der Waals surface area contributed by atoms with E-state index in [1.165, 1.54) is 11.5 Å². The summed E-state index contributed by atoms with van der Waals surface area (Å²) in [6.45, 7) is 7.09. The van der Waals surface area contributed by atoms with E-state index in [2.05, 4.69) is 40.8 Å². The molecule has 1 atom stereocenters. The Morgan fingerprint density at radius 2 is 2.22 bits per heavy atom. The molecule has 6 heteroatoms. The van der Waals surface area contributed by atoms with Gasteiger partial charge in [0.2, 0.25) is 11.0 Å². The van der Waals surface area contributed by atoms with E-state index in [1.54, 1.807) is 0 Å². The second-order valence-electron chi connectivity index (χ2n) is 5.66.